The van der Waals surface area contributed by atoms with Gasteiger partial charge in [0.1, 0.15) is 0 Å². The molecule has 0 aromatic rings. The van der Waals surface area contributed by atoms with Gasteiger partial charge in [-0.2, -0.15) is 0 Å². The van der Waals surface area contributed by atoms with E-state index in [1.54, 1.807) is 0 Å². The standard InChI is InChI=1S/C10H18FNO/c1-5-7-8(6(2)3)12-9(13)10(7,4)11/h6-8H,5H2,1-4H3,(H,12,13). The Labute approximate surface area is 78.9 Å². The van der Waals surface area contributed by atoms with E-state index in [2.05, 4.69) is 5.32 Å². The first-order chi connectivity index (χ1) is 5.91. The Balaban J connectivity index is 2.88. The molecule has 0 bridgehead atoms. The van der Waals surface area contributed by atoms with Crippen LogP contribution in [-0.4, -0.2) is 17.6 Å². The van der Waals surface area contributed by atoms with Crippen molar-refractivity contribution in [3.8, 4) is 0 Å². The van der Waals surface area contributed by atoms with Crippen molar-refractivity contribution in [1.82, 2.24) is 5.32 Å². The lowest BCUT2D eigenvalue weighted by atomic mass is 9.82. The highest BCUT2D eigenvalue weighted by molar-refractivity contribution is 5.87. The van der Waals surface area contributed by atoms with Crippen molar-refractivity contribution < 1.29 is 9.18 Å². The summed E-state index contributed by atoms with van der Waals surface area (Å²) in [6, 6.07) is -0.00694. The summed E-state index contributed by atoms with van der Waals surface area (Å²) in [6.07, 6.45) is 0.703. The molecule has 3 atom stereocenters. The van der Waals surface area contributed by atoms with Gasteiger partial charge in [-0.1, -0.05) is 20.8 Å². The van der Waals surface area contributed by atoms with Crippen LogP contribution in [0.2, 0.25) is 0 Å². The fourth-order valence-electron chi connectivity index (χ4n) is 2.17. The molecular weight excluding hydrogens is 169 g/mol. The fourth-order valence-corrected chi connectivity index (χ4v) is 2.17. The molecule has 76 valence electrons. The molecule has 0 aliphatic carbocycles. The Kier molecular flexibility index (Phi) is 2.64. The highest BCUT2D eigenvalue weighted by Crippen LogP contribution is 2.36. The Morgan fingerprint density at radius 3 is 2.46 bits per heavy atom. The van der Waals surface area contributed by atoms with Gasteiger partial charge in [0, 0.05) is 12.0 Å². The summed E-state index contributed by atoms with van der Waals surface area (Å²) < 4.78 is 13.9. The normalized spacial score (nSPS) is 39.7. The highest BCUT2D eigenvalue weighted by Gasteiger charge is 2.52. The lowest BCUT2D eigenvalue weighted by molar-refractivity contribution is -0.129. The third-order valence-corrected chi connectivity index (χ3v) is 3.03. The van der Waals surface area contributed by atoms with E-state index in [-0.39, 0.29) is 12.0 Å². The molecule has 0 saturated carbocycles. The van der Waals surface area contributed by atoms with E-state index < -0.39 is 11.6 Å². The van der Waals surface area contributed by atoms with Gasteiger partial charge in [-0.3, -0.25) is 4.79 Å². The van der Waals surface area contributed by atoms with Crippen LogP contribution in [0.3, 0.4) is 0 Å². The molecule has 1 aliphatic rings. The molecule has 0 radical (unpaired) electrons. The predicted molar refractivity (Wildman–Crippen MR) is 50.1 cm³/mol. The molecule has 1 fully saturated rings. The maximum Gasteiger partial charge on any atom is 0.257 e. The number of hydrogen-bond acceptors (Lipinski definition) is 1. The zero-order chi connectivity index (χ0) is 10.2. The van der Waals surface area contributed by atoms with E-state index in [1.165, 1.54) is 6.92 Å². The van der Waals surface area contributed by atoms with Crippen molar-refractivity contribution in [2.75, 3.05) is 0 Å². The van der Waals surface area contributed by atoms with Crippen molar-refractivity contribution in [2.45, 2.75) is 45.8 Å². The molecular formula is C10H18FNO. The summed E-state index contributed by atoms with van der Waals surface area (Å²) in [6.45, 7) is 7.33. The van der Waals surface area contributed by atoms with Crippen LogP contribution in [0, 0.1) is 11.8 Å². The first-order valence-corrected chi connectivity index (χ1v) is 4.91. The van der Waals surface area contributed by atoms with Crippen molar-refractivity contribution in [2.24, 2.45) is 11.8 Å². The van der Waals surface area contributed by atoms with Crippen LogP contribution in [0.15, 0.2) is 0 Å². The number of carbonyl (C=O) groups excluding carboxylic acids is 1. The Bertz CT molecular complexity index is 213. The van der Waals surface area contributed by atoms with Crippen molar-refractivity contribution in [1.29, 1.82) is 0 Å². The number of nitrogens with one attached hydrogen (secondary N) is 1. The molecule has 0 spiro atoms. The first-order valence-electron chi connectivity index (χ1n) is 4.91. The van der Waals surface area contributed by atoms with Gasteiger partial charge in [0.25, 0.3) is 5.91 Å². The van der Waals surface area contributed by atoms with Gasteiger partial charge >= 0.3 is 0 Å². The van der Waals surface area contributed by atoms with Crippen molar-refractivity contribution >= 4 is 5.91 Å². The van der Waals surface area contributed by atoms with Crippen LogP contribution in [-0.2, 0) is 4.79 Å². The van der Waals surface area contributed by atoms with Crippen LogP contribution >= 0.6 is 0 Å². The monoisotopic (exact) mass is 187 g/mol. The van der Waals surface area contributed by atoms with Gasteiger partial charge in [-0.25, -0.2) is 4.39 Å². The molecule has 1 rings (SSSR count). The van der Waals surface area contributed by atoms with E-state index in [9.17, 15) is 9.18 Å². The van der Waals surface area contributed by atoms with Gasteiger partial charge in [0.2, 0.25) is 0 Å². The summed E-state index contributed by atoms with van der Waals surface area (Å²) in [5.74, 6) is -0.329. The lowest BCUT2D eigenvalue weighted by Crippen LogP contribution is -2.35. The number of alkyl halides is 1. The summed E-state index contributed by atoms with van der Waals surface area (Å²) in [5.41, 5.74) is -1.68. The predicted octanol–water partition coefficient (Wildman–Crippen LogP) is 1.90. The minimum absolute atomic E-state index is 0.00694. The van der Waals surface area contributed by atoms with Crippen LogP contribution < -0.4 is 5.32 Å². The summed E-state index contributed by atoms with van der Waals surface area (Å²) in [4.78, 5) is 11.3. The molecule has 3 heteroatoms. The molecule has 1 N–H and O–H groups in total. The molecule has 1 heterocycles. The van der Waals surface area contributed by atoms with Crippen LogP contribution in [0.4, 0.5) is 4.39 Å². The lowest BCUT2D eigenvalue weighted by Gasteiger charge is -2.25. The molecule has 1 amide bonds. The third kappa shape index (κ3) is 1.56. The number of rotatable bonds is 2. The van der Waals surface area contributed by atoms with E-state index in [0.29, 0.717) is 12.3 Å². The SMILES string of the molecule is CCC1C(C(C)C)NC(=O)C1(C)F. The van der Waals surface area contributed by atoms with Crippen LogP contribution in [0.5, 0.6) is 0 Å². The Hall–Kier alpha value is -0.600. The highest BCUT2D eigenvalue weighted by atomic mass is 19.1. The van der Waals surface area contributed by atoms with Gasteiger partial charge in [0.15, 0.2) is 5.67 Å². The smallest absolute Gasteiger partial charge is 0.257 e. The Morgan fingerprint density at radius 1 is 1.62 bits per heavy atom. The topological polar surface area (TPSA) is 29.1 Å². The van der Waals surface area contributed by atoms with Crippen molar-refractivity contribution in [3.05, 3.63) is 0 Å². The molecule has 13 heavy (non-hydrogen) atoms. The number of carbonyl (C=O) groups is 1. The maximum absolute atomic E-state index is 13.9. The van der Waals surface area contributed by atoms with Gasteiger partial charge in [-0.05, 0) is 19.3 Å². The molecule has 2 nitrogen and oxygen atoms in total. The fraction of sp³-hybridized carbons (Fsp3) is 0.900. The average Bonchev–Trinajstić information content (AvgIpc) is 2.23. The van der Waals surface area contributed by atoms with Gasteiger partial charge < -0.3 is 5.32 Å². The first kappa shape index (κ1) is 10.5. The van der Waals surface area contributed by atoms with E-state index >= 15 is 0 Å². The molecule has 3 unspecified atom stereocenters. The zero-order valence-corrected chi connectivity index (χ0v) is 8.73. The van der Waals surface area contributed by atoms with Crippen LogP contribution in [0.1, 0.15) is 34.1 Å². The second kappa shape index (κ2) is 3.28. The quantitative estimate of drug-likeness (QED) is 0.702. The minimum Gasteiger partial charge on any atom is -0.350 e. The maximum atomic E-state index is 13.9. The second-order valence-electron chi connectivity index (χ2n) is 4.33. The largest absolute Gasteiger partial charge is 0.350 e. The average molecular weight is 187 g/mol. The van der Waals surface area contributed by atoms with Gasteiger partial charge in [-0.15, -0.1) is 0 Å². The van der Waals surface area contributed by atoms with Gasteiger partial charge in [0.05, 0.1) is 0 Å². The number of amides is 1. The molecule has 0 aromatic heterocycles. The van der Waals surface area contributed by atoms with Crippen molar-refractivity contribution in [3.63, 3.8) is 0 Å². The number of hydrogen-bond donors (Lipinski definition) is 1. The molecule has 0 aromatic carbocycles. The number of halogens is 1. The van der Waals surface area contributed by atoms with Crippen LogP contribution in [0.25, 0.3) is 0 Å². The minimum atomic E-state index is -1.68. The molecule has 1 aliphatic heterocycles. The van der Waals surface area contributed by atoms with E-state index in [4.69, 9.17) is 0 Å². The van der Waals surface area contributed by atoms with E-state index in [1.807, 2.05) is 20.8 Å². The second-order valence-corrected chi connectivity index (χ2v) is 4.33. The summed E-state index contributed by atoms with van der Waals surface area (Å²) in [7, 11) is 0. The summed E-state index contributed by atoms with van der Waals surface area (Å²) in [5, 5.41) is 2.73. The third-order valence-electron chi connectivity index (χ3n) is 3.03. The Morgan fingerprint density at radius 2 is 2.15 bits per heavy atom. The zero-order valence-electron chi connectivity index (χ0n) is 8.73. The van der Waals surface area contributed by atoms with E-state index in [0.717, 1.165) is 0 Å². The molecule has 1 saturated heterocycles. The summed E-state index contributed by atoms with van der Waals surface area (Å²) >= 11 is 0.